The molecule has 0 aromatic heterocycles. The van der Waals surface area contributed by atoms with Crippen molar-refractivity contribution in [3.05, 3.63) is 42.5 Å². The second-order valence-corrected chi connectivity index (χ2v) is 4.32. The van der Waals surface area contributed by atoms with E-state index in [0.29, 0.717) is 12.1 Å². The van der Waals surface area contributed by atoms with Crippen molar-refractivity contribution in [2.24, 2.45) is 0 Å². The van der Waals surface area contributed by atoms with Gasteiger partial charge in [-0.15, -0.1) is 0 Å². The fourth-order valence-corrected chi connectivity index (χ4v) is 2.04. The molecule has 2 heteroatoms. The molecule has 0 saturated carbocycles. The summed E-state index contributed by atoms with van der Waals surface area (Å²) < 4.78 is 0. The van der Waals surface area contributed by atoms with Gasteiger partial charge in [-0.05, 0) is 25.5 Å². The van der Waals surface area contributed by atoms with Crippen molar-refractivity contribution < 1.29 is 0 Å². The number of fused-ring (bicyclic) bond motifs is 1. The Bertz CT molecular complexity index is 434. The van der Waals surface area contributed by atoms with Crippen molar-refractivity contribution in [2.75, 3.05) is 5.32 Å². The molecule has 1 aromatic carbocycles. The van der Waals surface area contributed by atoms with Gasteiger partial charge >= 0.3 is 0 Å². The third-order valence-corrected chi connectivity index (χ3v) is 3.15. The third-order valence-electron chi connectivity index (χ3n) is 3.15. The number of benzene rings is 1. The van der Waals surface area contributed by atoms with Crippen LogP contribution in [0.5, 0.6) is 0 Å². The molecule has 84 valence electrons. The first kappa shape index (κ1) is 10.8. The maximum atomic E-state index is 4.11. The van der Waals surface area contributed by atoms with E-state index in [2.05, 4.69) is 49.8 Å². The van der Waals surface area contributed by atoms with Crippen molar-refractivity contribution in [3.8, 4) is 0 Å². The zero-order valence-electron chi connectivity index (χ0n) is 9.88. The molecular formula is C14H18N2. The molecule has 0 aliphatic carbocycles. The molecular weight excluding hydrogens is 196 g/mol. The maximum absolute atomic E-state index is 4.11. The third kappa shape index (κ3) is 1.71. The van der Waals surface area contributed by atoms with Crippen LogP contribution < -0.4 is 10.6 Å². The molecule has 2 atom stereocenters. The maximum Gasteiger partial charge on any atom is 0.0443 e. The summed E-state index contributed by atoms with van der Waals surface area (Å²) in [5, 5.41) is 6.92. The Hall–Kier alpha value is -1.70. The summed E-state index contributed by atoms with van der Waals surface area (Å²) in [5.74, 6) is 0. The first-order chi connectivity index (χ1) is 7.63. The first-order valence-electron chi connectivity index (χ1n) is 5.61. The van der Waals surface area contributed by atoms with Crippen LogP contribution in [0, 0.1) is 0 Å². The summed E-state index contributed by atoms with van der Waals surface area (Å²) >= 11 is 0. The van der Waals surface area contributed by atoms with Gasteiger partial charge in [-0.3, -0.25) is 0 Å². The topological polar surface area (TPSA) is 24.1 Å². The fourth-order valence-electron chi connectivity index (χ4n) is 2.04. The molecule has 1 aromatic rings. The van der Waals surface area contributed by atoms with Crippen LogP contribution in [0.1, 0.15) is 25.0 Å². The monoisotopic (exact) mass is 214 g/mol. The van der Waals surface area contributed by atoms with E-state index >= 15 is 0 Å². The Morgan fingerprint density at radius 2 is 1.88 bits per heavy atom. The fraction of sp³-hybridized carbons (Fsp3) is 0.286. The number of hydrogen-bond donors (Lipinski definition) is 2. The lowest BCUT2D eigenvalue weighted by Gasteiger charge is -2.19. The minimum absolute atomic E-state index is 0.359. The summed E-state index contributed by atoms with van der Waals surface area (Å²) in [5.41, 5.74) is 4.35. The summed E-state index contributed by atoms with van der Waals surface area (Å²) in [6.07, 6.45) is 1.87. The van der Waals surface area contributed by atoms with Gasteiger partial charge in [0.1, 0.15) is 0 Å². The molecule has 0 bridgehead atoms. The average Bonchev–Trinajstić information content (AvgIpc) is 2.37. The predicted molar refractivity (Wildman–Crippen MR) is 71.2 cm³/mol. The molecule has 1 heterocycles. The number of nitrogens with one attached hydrogen (secondary N) is 2. The Morgan fingerprint density at radius 1 is 1.19 bits per heavy atom. The minimum atomic E-state index is 0.359. The van der Waals surface area contributed by atoms with E-state index in [4.69, 9.17) is 0 Å². The van der Waals surface area contributed by atoms with E-state index in [1.165, 1.54) is 0 Å². The number of hydrogen-bond acceptors (Lipinski definition) is 2. The van der Waals surface area contributed by atoms with E-state index in [0.717, 1.165) is 22.5 Å². The molecule has 0 fully saturated rings. The predicted octanol–water partition coefficient (Wildman–Crippen LogP) is 3.09. The highest BCUT2D eigenvalue weighted by Gasteiger charge is 2.21. The van der Waals surface area contributed by atoms with Gasteiger partial charge in [0, 0.05) is 29.0 Å². The largest absolute Gasteiger partial charge is 0.380 e. The molecule has 1 aliphatic heterocycles. The van der Waals surface area contributed by atoms with Crippen molar-refractivity contribution >= 4 is 17.5 Å². The van der Waals surface area contributed by atoms with Crippen molar-refractivity contribution in [3.63, 3.8) is 0 Å². The summed E-state index contributed by atoms with van der Waals surface area (Å²) in [7, 11) is 0. The SMILES string of the molecule is C=Cc1cccc2c1C(=C)NC(C)C(C)N2. The average molecular weight is 214 g/mol. The van der Waals surface area contributed by atoms with E-state index in [9.17, 15) is 0 Å². The van der Waals surface area contributed by atoms with Crippen LogP contribution in [0.4, 0.5) is 5.69 Å². The van der Waals surface area contributed by atoms with Crippen LogP contribution in [-0.4, -0.2) is 12.1 Å². The van der Waals surface area contributed by atoms with Gasteiger partial charge in [-0.1, -0.05) is 31.4 Å². The quantitative estimate of drug-likeness (QED) is 0.750. The van der Waals surface area contributed by atoms with Crippen molar-refractivity contribution in [1.82, 2.24) is 5.32 Å². The summed E-state index contributed by atoms with van der Waals surface area (Å²) in [4.78, 5) is 0. The summed E-state index contributed by atoms with van der Waals surface area (Å²) in [6, 6.07) is 6.92. The Labute approximate surface area is 97.1 Å². The molecule has 1 aliphatic rings. The van der Waals surface area contributed by atoms with Gasteiger partial charge < -0.3 is 10.6 Å². The second-order valence-electron chi connectivity index (χ2n) is 4.32. The normalized spacial score (nSPS) is 23.8. The van der Waals surface area contributed by atoms with Crippen molar-refractivity contribution in [1.29, 1.82) is 0 Å². The first-order valence-corrected chi connectivity index (χ1v) is 5.61. The highest BCUT2D eigenvalue weighted by molar-refractivity contribution is 5.82. The van der Waals surface area contributed by atoms with Gasteiger partial charge in [0.2, 0.25) is 0 Å². The zero-order chi connectivity index (χ0) is 11.7. The molecule has 2 rings (SSSR count). The second kappa shape index (κ2) is 4.05. The molecule has 2 nitrogen and oxygen atoms in total. The van der Waals surface area contributed by atoms with Crippen LogP contribution in [0.3, 0.4) is 0 Å². The van der Waals surface area contributed by atoms with Gasteiger partial charge in [0.25, 0.3) is 0 Å². The van der Waals surface area contributed by atoms with E-state index in [-0.39, 0.29) is 0 Å². The van der Waals surface area contributed by atoms with Crippen LogP contribution in [0.2, 0.25) is 0 Å². The molecule has 16 heavy (non-hydrogen) atoms. The van der Waals surface area contributed by atoms with Crippen LogP contribution in [0.25, 0.3) is 11.8 Å². The minimum Gasteiger partial charge on any atom is -0.380 e. The summed E-state index contributed by atoms with van der Waals surface area (Å²) in [6.45, 7) is 12.3. The molecule has 0 saturated heterocycles. The van der Waals surface area contributed by atoms with Crippen molar-refractivity contribution in [2.45, 2.75) is 25.9 Å². The lowest BCUT2D eigenvalue weighted by atomic mass is 10.0. The van der Waals surface area contributed by atoms with Gasteiger partial charge in [-0.25, -0.2) is 0 Å². The molecule has 2 unspecified atom stereocenters. The van der Waals surface area contributed by atoms with E-state index in [1.807, 2.05) is 12.1 Å². The standard InChI is InChI=1S/C14H18N2/c1-5-12-7-6-8-13-14(12)11(4)15-9(2)10(3)16-13/h5-10,15-16H,1,4H2,2-3H3. The molecule has 2 N–H and O–H groups in total. The van der Waals surface area contributed by atoms with Crippen LogP contribution >= 0.6 is 0 Å². The highest BCUT2D eigenvalue weighted by Crippen LogP contribution is 2.29. The van der Waals surface area contributed by atoms with Crippen LogP contribution in [-0.2, 0) is 0 Å². The van der Waals surface area contributed by atoms with Gasteiger partial charge in [0.15, 0.2) is 0 Å². The Balaban J connectivity index is 2.55. The van der Waals surface area contributed by atoms with Gasteiger partial charge in [-0.2, -0.15) is 0 Å². The highest BCUT2D eigenvalue weighted by atomic mass is 15.0. The smallest absolute Gasteiger partial charge is 0.0443 e. The van der Waals surface area contributed by atoms with E-state index in [1.54, 1.807) is 0 Å². The number of rotatable bonds is 1. The lowest BCUT2D eigenvalue weighted by Crippen LogP contribution is -2.36. The Morgan fingerprint density at radius 3 is 2.56 bits per heavy atom. The molecule has 0 spiro atoms. The van der Waals surface area contributed by atoms with Crippen LogP contribution in [0.15, 0.2) is 31.4 Å². The zero-order valence-corrected chi connectivity index (χ0v) is 9.88. The Kier molecular flexibility index (Phi) is 2.73. The molecule has 0 radical (unpaired) electrons. The van der Waals surface area contributed by atoms with Gasteiger partial charge in [0.05, 0.1) is 0 Å². The molecule has 0 amide bonds. The lowest BCUT2D eigenvalue weighted by molar-refractivity contribution is 0.581. The van der Waals surface area contributed by atoms with E-state index < -0.39 is 0 Å². The number of anilines is 1.